The first-order valence-corrected chi connectivity index (χ1v) is 6.34. The second-order valence-corrected chi connectivity index (χ2v) is 4.48. The van der Waals surface area contributed by atoms with Crippen LogP contribution in [0.5, 0.6) is 0 Å². The van der Waals surface area contributed by atoms with Crippen LogP contribution in [0.25, 0.3) is 0 Å². The van der Waals surface area contributed by atoms with E-state index in [2.05, 4.69) is 14.5 Å². The van der Waals surface area contributed by atoms with Crippen LogP contribution < -0.4 is 5.32 Å². The van der Waals surface area contributed by atoms with Crippen molar-refractivity contribution in [3.05, 3.63) is 57.6 Å². The van der Waals surface area contributed by atoms with Crippen LogP contribution in [0.3, 0.4) is 0 Å². The van der Waals surface area contributed by atoms with Crippen LogP contribution in [0.2, 0.25) is 0 Å². The molecule has 0 saturated heterocycles. The van der Waals surface area contributed by atoms with Crippen molar-refractivity contribution >= 4 is 23.4 Å². The van der Waals surface area contributed by atoms with E-state index in [0.29, 0.717) is 5.56 Å². The molecule has 0 radical (unpaired) electrons. The lowest BCUT2D eigenvalue weighted by molar-refractivity contribution is -0.402. The number of aryl methyl sites for hydroxylation is 1. The summed E-state index contributed by atoms with van der Waals surface area (Å²) < 4.78 is 22.6. The first kappa shape index (κ1) is 16.1. The van der Waals surface area contributed by atoms with Gasteiger partial charge in [-0.3, -0.25) is 14.9 Å². The molecule has 0 bridgehead atoms. The van der Waals surface area contributed by atoms with Gasteiger partial charge in [0.25, 0.3) is 5.91 Å². The molecule has 1 N–H and O–H groups in total. The van der Waals surface area contributed by atoms with Gasteiger partial charge < -0.3 is 14.5 Å². The van der Waals surface area contributed by atoms with Gasteiger partial charge in [0.2, 0.25) is 5.76 Å². The van der Waals surface area contributed by atoms with Gasteiger partial charge in [-0.05, 0) is 30.7 Å². The van der Waals surface area contributed by atoms with Crippen LogP contribution in [-0.4, -0.2) is 23.4 Å². The molecule has 23 heavy (non-hydrogen) atoms. The number of nitrogens with one attached hydrogen (secondary N) is 1. The smallest absolute Gasteiger partial charge is 0.433 e. The van der Waals surface area contributed by atoms with Crippen molar-refractivity contribution in [2.45, 2.75) is 6.92 Å². The molecule has 8 nitrogen and oxygen atoms in total. The van der Waals surface area contributed by atoms with E-state index in [1.807, 2.05) is 0 Å². The molecule has 0 spiro atoms. The Morgan fingerprint density at radius 2 is 2.09 bits per heavy atom. The highest BCUT2D eigenvalue weighted by Crippen LogP contribution is 2.16. The molecule has 0 atom stereocenters. The van der Waals surface area contributed by atoms with Crippen LogP contribution in [-0.2, 0) is 9.53 Å². The predicted molar refractivity (Wildman–Crippen MR) is 75.4 cm³/mol. The number of anilines is 1. The topological polar surface area (TPSA) is 112 Å². The Morgan fingerprint density at radius 3 is 2.70 bits per heavy atom. The average molecular weight is 322 g/mol. The third-order valence-corrected chi connectivity index (χ3v) is 2.76. The first-order chi connectivity index (χ1) is 10.9. The highest BCUT2D eigenvalue weighted by atomic mass is 19.1. The molecule has 1 aromatic carbocycles. The molecule has 1 heterocycles. The van der Waals surface area contributed by atoms with Gasteiger partial charge in [0, 0.05) is 5.69 Å². The van der Waals surface area contributed by atoms with Gasteiger partial charge in [0.1, 0.15) is 10.7 Å². The maximum absolute atomic E-state index is 13.3. The van der Waals surface area contributed by atoms with Crippen LogP contribution >= 0.6 is 0 Å². The van der Waals surface area contributed by atoms with Gasteiger partial charge >= 0.3 is 11.9 Å². The van der Waals surface area contributed by atoms with Crippen molar-refractivity contribution in [2.75, 3.05) is 11.9 Å². The summed E-state index contributed by atoms with van der Waals surface area (Å²) in [6.45, 7) is 0.925. The molecule has 1 aromatic heterocycles. The molecule has 0 saturated carbocycles. The van der Waals surface area contributed by atoms with Crippen molar-refractivity contribution in [2.24, 2.45) is 0 Å². The van der Waals surface area contributed by atoms with E-state index in [1.54, 1.807) is 6.92 Å². The van der Waals surface area contributed by atoms with E-state index in [9.17, 15) is 24.1 Å². The Balaban J connectivity index is 1.89. The summed E-state index contributed by atoms with van der Waals surface area (Å²) in [6, 6.07) is 6.16. The Morgan fingerprint density at radius 1 is 1.35 bits per heavy atom. The minimum absolute atomic E-state index is 0.211. The number of benzene rings is 1. The minimum Gasteiger partial charge on any atom is -0.450 e. The molecule has 2 rings (SSSR count). The summed E-state index contributed by atoms with van der Waals surface area (Å²) in [5.41, 5.74) is 0.636. The number of carbonyl (C=O) groups excluding carboxylic acids is 2. The molecule has 9 heteroatoms. The number of ether oxygens (including phenoxy) is 1. The summed E-state index contributed by atoms with van der Waals surface area (Å²) in [6.07, 6.45) is 0. The molecular formula is C14H11FN2O6. The fraction of sp³-hybridized carbons (Fsp3) is 0.143. The molecule has 0 aliphatic carbocycles. The Bertz CT molecular complexity index is 770. The van der Waals surface area contributed by atoms with E-state index in [1.165, 1.54) is 12.1 Å². The van der Waals surface area contributed by atoms with Crippen molar-refractivity contribution in [3.8, 4) is 0 Å². The number of carbonyl (C=O) groups is 2. The predicted octanol–water partition coefficient (Wildman–Crippen LogP) is 2.43. The maximum atomic E-state index is 13.3. The van der Waals surface area contributed by atoms with Crippen LogP contribution in [0.1, 0.15) is 16.1 Å². The van der Waals surface area contributed by atoms with E-state index in [-0.39, 0.29) is 5.69 Å². The number of rotatable bonds is 5. The summed E-state index contributed by atoms with van der Waals surface area (Å²) in [5, 5.41) is 12.8. The summed E-state index contributed by atoms with van der Waals surface area (Å²) in [7, 11) is 0. The highest BCUT2D eigenvalue weighted by molar-refractivity contribution is 5.94. The van der Waals surface area contributed by atoms with Gasteiger partial charge in [-0.2, -0.15) is 0 Å². The fourth-order valence-electron chi connectivity index (χ4n) is 1.61. The molecule has 120 valence electrons. The SMILES string of the molecule is Cc1ccc(NC(=O)COC(=O)c2ccc([N+](=O)[O-])o2)cc1F. The van der Waals surface area contributed by atoms with Crippen molar-refractivity contribution in [3.63, 3.8) is 0 Å². The van der Waals surface area contributed by atoms with E-state index >= 15 is 0 Å². The maximum Gasteiger partial charge on any atom is 0.433 e. The third kappa shape index (κ3) is 4.13. The van der Waals surface area contributed by atoms with E-state index < -0.39 is 40.9 Å². The van der Waals surface area contributed by atoms with Gasteiger partial charge in [0.05, 0.1) is 6.07 Å². The number of nitrogens with zero attached hydrogens (tertiary/aromatic N) is 1. The molecule has 1 amide bonds. The van der Waals surface area contributed by atoms with Gasteiger partial charge in [0.15, 0.2) is 6.61 Å². The number of hydrogen-bond donors (Lipinski definition) is 1. The molecule has 0 aliphatic rings. The molecule has 2 aromatic rings. The number of nitro groups is 1. The first-order valence-electron chi connectivity index (χ1n) is 6.34. The number of amides is 1. The summed E-state index contributed by atoms with van der Waals surface area (Å²) >= 11 is 0. The second kappa shape index (κ2) is 6.69. The van der Waals surface area contributed by atoms with Gasteiger partial charge in [-0.15, -0.1) is 0 Å². The van der Waals surface area contributed by atoms with Crippen molar-refractivity contribution < 1.29 is 28.1 Å². The van der Waals surface area contributed by atoms with Gasteiger partial charge in [-0.1, -0.05) is 6.07 Å². The Kier molecular flexibility index (Phi) is 4.69. The minimum atomic E-state index is -1.02. The number of esters is 1. The van der Waals surface area contributed by atoms with Gasteiger partial charge in [-0.25, -0.2) is 9.18 Å². The lowest BCUT2D eigenvalue weighted by Crippen LogP contribution is -2.20. The zero-order valence-corrected chi connectivity index (χ0v) is 11.9. The van der Waals surface area contributed by atoms with Crippen LogP contribution in [0.4, 0.5) is 16.0 Å². The largest absolute Gasteiger partial charge is 0.450 e. The highest BCUT2D eigenvalue weighted by Gasteiger charge is 2.19. The van der Waals surface area contributed by atoms with Crippen molar-refractivity contribution in [1.82, 2.24) is 0 Å². The molecule has 0 aliphatic heterocycles. The number of hydrogen-bond acceptors (Lipinski definition) is 6. The lowest BCUT2D eigenvalue weighted by atomic mass is 10.2. The number of furan rings is 1. The van der Waals surface area contributed by atoms with E-state index in [4.69, 9.17) is 0 Å². The Labute approximate surface area is 129 Å². The second-order valence-electron chi connectivity index (χ2n) is 4.48. The standard InChI is InChI=1S/C14H11FN2O6/c1-8-2-3-9(6-10(8)15)16-12(18)7-22-14(19)11-4-5-13(23-11)17(20)21/h2-6H,7H2,1H3,(H,16,18). The lowest BCUT2D eigenvalue weighted by Gasteiger charge is -2.06. The fourth-order valence-corrected chi connectivity index (χ4v) is 1.61. The Hall–Kier alpha value is -3.23. The summed E-state index contributed by atoms with van der Waals surface area (Å²) in [4.78, 5) is 32.8. The molecule has 0 unspecified atom stereocenters. The normalized spacial score (nSPS) is 10.2. The zero-order valence-electron chi connectivity index (χ0n) is 11.9. The zero-order chi connectivity index (χ0) is 17.0. The van der Waals surface area contributed by atoms with Crippen LogP contribution in [0, 0.1) is 22.9 Å². The average Bonchev–Trinajstić information content (AvgIpc) is 2.99. The number of halogens is 1. The monoisotopic (exact) mass is 322 g/mol. The quantitative estimate of drug-likeness (QED) is 0.514. The van der Waals surface area contributed by atoms with Crippen LogP contribution in [0.15, 0.2) is 34.7 Å². The molecule has 0 fully saturated rings. The van der Waals surface area contributed by atoms with Crippen molar-refractivity contribution in [1.29, 1.82) is 0 Å². The third-order valence-electron chi connectivity index (χ3n) is 2.76. The molecular weight excluding hydrogens is 311 g/mol. The summed E-state index contributed by atoms with van der Waals surface area (Å²) in [5.74, 6) is -3.21. The van der Waals surface area contributed by atoms with E-state index in [0.717, 1.165) is 18.2 Å².